The number of nitrogens with one attached hydrogen (secondary N) is 1. The summed E-state index contributed by atoms with van der Waals surface area (Å²) in [6, 6.07) is 10.6. The van der Waals surface area contributed by atoms with Crippen LogP contribution in [0.5, 0.6) is 0 Å². The number of benzene rings is 2. The summed E-state index contributed by atoms with van der Waals surface area (Å²) in [5.41, 5.74) is 1.07. The van der Waals surface area contributed by atoms with E-state index in [9.17, 15) is 22.8 Å². The average molecular weight is 494 g/mol. The summed E-state index contributed by atoms with van der Waals surface area (Å²) >= 11 is 3.21. The maximum Gasteiger partial charge on any atom is 0.255 e. The lowest BCUT2D eigenvalue weighted by Gasteiger charge is -2.25. The number of nitrogens with zero attached hydrogens (tertiary/aromatic N) is 2. The third-order valence-corrected chi connectivity index (χ3v) is 7.42. The van der Waals surface area contributed by atoms with Crippen LogP contribution in [0.1, 0.15) is 29.6 Å². The van der Waals surface area contributed by atoms with Gasteiger partial charge in [0.25, 0.3) is 5.91 Å². The van der Waals surface area contributed by atoms with E-state index in [1.165, 1.54) is 32.3 Å². The van der Waals surface area contributed by atoms with Gasteiger partial charge in [-0.25, -0.2) is 12.7 Å². The van der Waals surface area contributed by atoms with Gasteiger partial charge in [0.15, 0.2) is 0 Å². The van der Waals surface area contributed by atoms with Crippen molar-refractivity contribution in [3.63, 3.8) is 0 Å². The number of imide groups is 1. The monoisotopic (exact) mass is 493 g/mol. The van der Waals surface area contributed by atoms with Crippen LogP contribution in [0.3, 0.4) is 0 Å². The largest absolute Gasteiger partial charge is 0.322 e. The highest BCUT2D eigenvalue weighted by atomic mass is 79.9. The lowest BCUT2D eigenvalue weighted by atomic mass is 10.1. The van der Waals surface area contributed by atoms with Gasteiger partial charge in [0.05, 0.1) is 10.6 Å². The van der Waals surface area contributed by atoms with Crippen LogP contribution < -0.4 is 10.2 Å². The number of sulfonamides is 1. The number of rotatable bonds is 5. The molecule has 158 valence electrons. The fourth-order valence-corrected chi connectivity index (χ4v) is 4.82. The Hall–Kier alpha value is -2.56. The van der Waals surface area contributed by atoms with E-state index in [-0.39, 0.29) is 22.3 Å². The Bertz CT molecular complexity index is 1100. The van der Waals surface area contributed by atoms with E-state index in [0.29, 0.717) is 35.1 Å². The van der Waals surface area contributed by atoms with Crippen LogP contribution in [0.2, 0.25) is 0 Å². The molecule has 0 spiro atoms. The topological polar surface area (TPSA) is 104 Å². The molecular weight excluding hydrogens is 474 g/mol. The van der Waals surface area contributed by atoms with Crippen molar-refractivity contribution in [3.05, 3.63) is 52.5 Å². The zero-order chi connectivity index (χ0) is 22.1. The first kappa shape index (κ1) is 22.1. The number of halogens is 1. The zero-order valence-electron chi connectivity index (χ0n) is 16.4. The smallest absolute Gasteiger partial charge is 0.255 e. The van der Waals surface area contributed by atoms with E-state index in [0.717, 1.165) is 9.21 Å². The fraction of sp³-hybridized carbons (Fsp3) is 0.250. The second kappa shape index (κ2) is 8.66. The molecule has 1 aliphatic rings. The highest BCUT2D eigenvalue weighted by molar-refractivity contribution is 9.10. The number of carbonyl (C=O) groups excluding carboxylic acids is 3. The number of anilines is 2. The molecule has 2 aromatic carbocycles. The predicted molar refractivity (Wildman–Crippen MR) is 116 cm³/mol. The molecule has 10 heteroatoms. The number of hydrogen-bond donors (Lipinski definition) is 1. The molecule has 1 aliphatic heterocycles. The summed E-state index contributed by atoms with van der Waals surface area (Å²) in [6.07, 6.45) is 1.21. The highest BCUT2D eigenvalue weighted by Gasteiger charge is 2.27. The first-order valence-corrected chi connectivity index (χ1v) is 11.3. The molecule has 0 bridgehead atoms. The minimum atomic E-state index is -3.73. The van der Waals surface area contributed by atoms with Crippen molar-refractivity contribution in [2.24, 2.45) is 0 Å². The molecule has 3 rings (SSSR count). The summed E-state index contributed by atoms with van der Waals surface area (Å²) < 4.78 is 26.3. The molecule has 30 heavy (non-hydrogen) atoms. The van der Waals surface area contributed by atoms with Crippen molar-refractivity contribution >= 4 is 55.0 Å². The minimum Gasteiger partial charge on any atom is -0.322 e. The van der Waals surface area contributed by atoms with Crippen molar-refractivity contribution in [1.82, 2.24) is 4.31 Å². The van der Waals surface area contributed by atoms with Crippen molar-refractivity contribution in [1.29, 1.82) is 0 Å². The third-order valence-electron chi connectivity index (χ3n) is 4.62. The van der Waals surface area contributed by atoms with Crippen LogP contribution in [-0.4, -0.2) is 44.5 Å². The second-order valence-corrected chi connectivity index (χ2v) is 9.88. The van der Waals surface area contributed by atoms with E-state index in [2.05, 4.69) is 21.2 Å². The van der Waals surface area contributed by atoms with Gasteiger partial charge in [-0.05, 0) is 64.8 Å². The number of carbonyl (C=O) groups is 3. The number of piperidine rings is 1. The molecular formula is C20H20BrN3O5S. The molecule has 0 aromatic heterocycles. The van der Waals surface area contributed by atoms with E-state index >= 15 is 0 Å². The first-order chi connectivity index (χ1) is 14.1. The molecule has 3 amide bonds. The average Bonchev–Trinajstić information content (AvgIpc) is 2.69. The van der Waals surface area contributed by atoms with E-state index in [1.807, 2.05) is 0 Å². The fourth-order valence-electron chi connectivity index (χ4n) is 2.98. The van der Waals surface area contributed by atoms with Gasteiger partial charge in [-0.1, -0.05) is 0 Å². The maximum atomic E-state index is 12.6. The molecule has 1 N–H and O–H groups in total. The van der Waals surface area contributed by atoms with Crippen molar-refractivity contribution in [3.8, 4) is 0 Å². The molecule has 2 aromatic rings. The van der Waals surface area contributed by atoms with Crippen molar-refractivity contribution in [2.75, 3.05) is 24.3 Å². The molecule has 0 atom stereocenters. The van der Waals surface area contributed by atoms with E-state index in [1.54, 1.807) is 24.3 Å². The Labute approximate surface area is 183 Å². The quantitative estimate of drug-likeness (QED) is 0.644. The Morgan fingerprint density at radius 2 is 1.63 bits per heavy atom. The van der Waals surface area contributed by atoms with Gasteiger partial charge < -0.3 is 5.32 Å². The maximum absolute atomic E-state index is 12.6. The lowest BCUT2D eigenvalue weighted by molar-refractivity contribution is -0.129. The van der Waals surface area contributed by atoms with Crippen molar-refractivity contribution in [2.45, 2.75) is 24.2 Å². The standard InChI is InChI=1S/C20H20BrN3O5S/c1-23(2)30(28,29)17-12-13(6-11-16(17)21)20(27)22-14-7-9-15(10-8-14)24-18(25)4-3-5-19(24)26/h6-12H,3-5H2,1-2H3,(H,22,27). The molecule has 0 radical (unpaired) electrons. The van der Waals surface area contributed by atoms with Crippen LogP contribution in [0.15, 0.2) is 51.8 Å². The third kappa shape index (κ3) is 4.45. The van der Waals surface area contributed by atoms with Gasteiger partial charge in [0.2, 0.25) is 21.8 Å². The second-order valence-electron chi connectivity index (χ2n) is 6.91. The van der Waals surface area contributed by atoms with Gasteiger partial charge in [0, 0.05) is 42.7 Å². The van der Waals surface area contributed by atoms with Gasteiger partial charge in [0.1, 0.15) is 0 Å². The van der Waals surface area contributed by atoms with E-state index in [4.69, 9.17) is 0 Å². The normalized spacial score (nSPS) is 14.9. The van der Waals surface area contributed by atoms with Crippen LogP contribution in [0.25, 0.3) is 0 Å². The first-order valence-electron chi connectivity index (χ1n) is 9.10. The summed E-state index contributed by atoms with van der Waals surface area (Å²) in [5, 5.41) is 2.69. The lowest BCUT2D eigenvalue weighted by Crippen LogP contribution is -2.40. The van der Waals surface area contributed by atoms with Crippen LogP contribution >= 0.6 is 15.9 Å². The highest BCUT2D eigenvalue weighted by Crippen LogP contribution is 2.27. The van der Waals surface area contributed by atoms with Crippen LogP contribution in [0, 0.1) is 0 Å². The Morgan fingerprint density at radius 1 is 1.03 bits per heavy atom. The van der Waals surface area contributed by atoms with Gasteiger partial charge in [-0.3, -0.25) is 19.3 Å². The number of hydrogen-bond acceptors (Lipinski definition) is 5. The summed E-state index contributed by atoms with van der Waals surface area (Å²) in [6.45, 7) is 0. The minimum absolute atomic E-state index is 0.0161. The zero-order valence-corrected chi connectivity index (χ0v) is 18.8. The Balaban J connectivity index is 1.80. The van der Waals surface area contributed by atoms with Gasteiger partial charge in [-0.15, -0.1) is 0 Å². The molecule has 0 unspecified atom stereocenters. The van der Waals surface area contributed by atoms with Crippen LogP contribution in [-0.2, 0) is 19.6 Å². The molecule has 0 aliphatic carbocycles. The SMILES string of the molecule is CN(C)S(=O)(=O)c1cc(C(=O)Nc2ccc(N3C(=O)CCCC3=O)cc2)ccc1Br. The summed E-state index contributed by atoms with van der Waals surface area (Å²) in [7, 11) is -0.907. The van der Waals surface area contributed by atoms with Gasteiger partial charge >= 0.3 is 0 Å². The number of amides is 3. The molecule has 1 fully saturated rings. The van der Waals surface area contributed by atoms with Crippen LogP contribution in [0.4, 0.5) is 11.4 Å². The molecule has 8 nitrogen and oxygen atoms in total. The molecule has 0 saturated carbocycles. The Kier molecular flexibility index (Phi) is 6.39. The molecule has 1 heterocycles. The van der Waals surface area contributed by atoms with E-state index < -0.39 is 15.9 Å². The predicted octanol–water partition coefficient (Wildman–Crippen LogP) is 3.00. The summed E-state index contributed by atoms with van der Waals surface area (Å²) in [4.78, 5) is 37.8. The molecule has 1 saturated heterocycles. The Morgan fingerprint density at radius 3 is 2.20 bits per heavy atom. The van der Waals surface area contributed by atoms with Crippen molar-refractivity contribution < 1.29 is 22.8 Å². The van der Waals surface area contributed by atoms with Gasteiger partial charge in [-0.2, -0.15) is 0 Å². The summed E-state index contributed by atoms with van der Waals surface area (Å²) in [5.74, 6) is -0.976.